The standard InChI is InChI=1S/C23H16ClN7O6S2.O3S/c24-21-27-22(25)29-23(28-21)26-17-8-9-18(14-5-2-1-4-13(14)17)31-30-12-10-16-15(20(11-12)39(35,36)37)6-3-7-19(16)38(32,33)34;1-4(2)3/h1-11H,(H,32,33,34)(H,35,36,37)(H3,25,26,27,28,29);. The Labute approximate surface area is 248 Å². The fraction of sp³-hybridized carbons (Fsp3) is 0. The summed E-state index contributed by atoms with van der Waals surface area (Å²) in [5.41, 5.74) is 6.51. The molecule has 43 heavy (non-hydrogen) atoms. The minimum atomic E-state index is -4.79. The molecule has 0 radical (unpaired) electrons. The molecule has 0 atom stereocenters. The number of nitrogens with zero attached hydrogens (tertiary/aromatic N) is 5. The molecule has 4 aromatic carbocycles. The predicted octanol–water partition coefficient (Wildman–Crippen LogP) is 4.06. The van der Waals surface area contributed by atoms with Crippen molar-refractivity contribution in [2.24, 2.45) is 10.2 Å². The smallest absolute Gasteiger partial charge is 0.368 e. The van der Waals surface area contributed by atoms with Crippen molar-refractivity contribution in [3.8, 4) is 0 Å². The van der Waals surface area contributed by atoms with E-state index in [9.17, 15) is 25.9 Å². The first kappa shape index (κ1) is 31.3. The van der Waals surface area contributed by atoms with E-state index in [-0.39, 0.29) is 33.6 Å². The molecular formula is C23H16ClN7O9S3. The minimum absolute atomic E-state index is 0.0657. The van der Waals surface area contributed by atoms with E-state index < -0.39 is 40.6 Å². The zero-order valence-corrected chi connectivity index (χ0v) is 24.2. The molecule has 0 fully saturated rings. The van der Waals surface area contributed by atoms with Crippen LogP contribution in [0, 0.1) is 0 Å². The Morgan fingerprint density at radius 2 is 1.37 bits per heavy atom. The van der Waals surface area contributed by atoms with Crippen LogP contribution in [-0.4, -0.2) is 53.5 Å². The maximum absolute atomic E-state index is 12.1. The van der Waals surface area contributed by atoms with Gasteiger partial charge < -0.3 is 11.1 Å². The molecule has 0 aliphatic rings. The largest absolute Gasteiger partial charge is 0.425 e. The van der Waals surface area contributed by atoms with Gasteiger partial charge in [0.1, 0.15) is 9.79 Å². The highest BCUT2D eigenvalue weighted by Gasteiger charge is 2.21. The molecule has 0 spiro atoms. The van der Waals surface area contributed by atoms with Gasteiger partial charge in [0.25, 0.3) is 20.2 Å². The topological polar surface area (TPSA) is 261 Å². The molecule has 0 amide bonds. The summed E-state index contributed by atoms with van der Waals surface area (Å²) in [4.78, 5) is 10.6. The number of hydrogen-bond acceptors (Lipinski definition) is 14. The van der Waals surface area contributed by atoms with Crippen molar-refractivity contribution >= 4 is 92.9 Å². The van der Waals surface area contributed by atoms with Crippen LogP contribution in [0.5, 0.6) is 0 Å². The molecule has 0 aliphatic heterocycles. The quantitative estimate of drug-likeness (QED) is 0.147. The molecule has 5 N–H and O–H groups in total. The third-order valence-electron chi connectivity index (χ3n) is 5.50. The number of nitrogens with one attached hydrogen (secondary N) is 1. The minimum Gasteiger partial charge on any atom is -0.368 e. The summed E-state index contributed by atoms with van der Waals surface area (Å²) in [5.74, 6) is 0.0552. The van der Waals surface area contributed by atoms with E-state index >= 15 is 0 Å². The Kier molecular flexibility index (Phi) is 8.94. The zero-order chi connectivity index (χ0) is 31.5. The van der Waals surface area contributed by atoms with Crippen molar-refractivity contribution in [1.82, 2.24) is 15.0 Å². The first-order valence-corrected chi connectivity index (χ1v) is 15.6. The van der Waals surface area contributed by atoms with Crippen LogP contribution in [0.2, 0.25) is 5.28 Å². The number of aromatic nitrogens is 3. The summed E-state index contributed by atoms with van der Waals surface area (Å²) in [6, 6.07) is 16.3. The maximum Gasteiger partial charge on any atom is 0.425 e. The zero-order valence-electron chi connectivity index (χ0n) is 21.0. The van der Waals surface area contributed by atoms with Crippen LogP contribution in [0.1, 0.15) is 0 Å². The third-order valence-corrected chi connectivity index (χ3v) is 7.48. The highest BCUT2D eigenvalue weighted by molar-refractivity contribution is 7.86. The van der Waals surface area contributed by atoms with Crippen LogP contribution in [0.15, 0.2) is 86.7 Å². The molecule has 20 heteroatoms. The number of rotatable bonds is 6. The lowest BCUT2D eigenvalue weighted by molar-refractivity contribution is 0.481. The Hall–Kier alpha value is -4.66. The van der Waals surface area contributed by atoms with Gasteiger partial charge in [-0.15, -0.1) is 17.7 Å². The fourth-order valence-corrected chi connectivity index (χ4v) is 5.53. The van der Waals surface area contributed by atoms with Gasteiger partial charge in [-0.25, -0.2) is 0 Å². The Morgan fingerprint density at radius 3 is 2.00 bits per heavy atom. The lowest BCUT2D eigenvalue weighted by Gasteiger charge is -2.11. The molecule has 0 unspecified atom stereocenters. The highest BCUT2D eigenvalue weighted by atomic mass is 35.5. The van der Waals surface area contributed by atoms with Crippen molar-refractivity contribution in [2.75, 3.05) is 11.1 Å². The number of halogens is 1. The molecule has 5 aromatic rings. The normalized spacial score (nSPS) is 11.8. The number of nitrogen functional groups attached to an aromatic ring is 1. The summed E-state index contributed by atoms with van der Waals surface area (Å²) in [5, 5.41) is 12.3. The molecule has 16 nitrogen and oxygen atoms in total. The molecule has 0 saturated carbocycles. The Balaban J connectivity index is 0.000000996. The second kappa shape index (κ2) is 12.3. The van der Waals surface area contributed by atoms with Crippen LogP contribution in [-0.2, 0) is 30.8 Å². The number of anilines is 3. The summed E-state index contributed by atoms with van der Waals surface area (Å²) in [6.07, 6.45) is 0. The van der Waals surface area contributed by atoms with Crippen LogP contribution in [0.3, 0.4) is 0 Å². The number of azo groups is 1. The maximum atomic E-state index is 12.1. The van der Waals surface area contributed by atoms with Gasteiger partial charge in [-0.3, -0.25) is 9.11 Å². The summed E-state index contributed by atoms with van der Waals surface area (Å²) >= 11 is 5.86. The molecule has 0 aliphatic carbocycles. The molecule has 0 bridgehead atoms. The summed E-state index contributed by atoms with van der Waals surface area (Å²) in [7, 11) is -12.6. The van der Waals surface area contributed by atoms with Crippen molar-refractivity contribution < 1.29 is 38.6 Å². The van der Waals surface area contributed by atoms with Crippen molar-refractivity contribution in [2.45, 2.75) is 9.79 Å². The molecule has 1 heterocycles. The lowest BCUT2D eigenvalue weighted by atomic mass is 10.1. The van der Waals surface area contributed by atoms with E-state index in [0.29, 0.717) is 22.1 Å². The fourth-order valence-electron chi connectivity index (χ4n) is 3.94. The molecular weight excluding hydrogens is 650 g/mol. The third kappa shape index (κ3) is 7.60. The van der Waals surface area contributed by atoms with Gasteiger partial charge >= 0.3 is 10.6 Å². The van der Waals surface area contributed by atoms with Crippen LogP contribution >= 0.6 is 11.6 Å². The van der Waals surface area contributed by atoms with Gasteiger partial charge in [0.2, 0.25) is 17.2 Å². The Morgan fingerprint density at radius 1 is 0.744 bits per heavy atom. The monoisotopic (exact) mass is 665 g/mol. The first-order chi connectivity index (χ1) is 20.1. The first-order valence-electron chi connectivity index (χ1n) is 11.3. The van der Waals surface area contributed by atoms with Gasteiger partial charge in [0.05, 0.1) is 11.4 Å². The van der Waals surface area contributed by atoms with E-state index in [4.69, 9.17) is 30.0 Å². The summed E-state index contributed by atoms with van der Waals surface area (Å²) < 4.78 is 92.7. The van der Waals surface area contributed by atoms with Crippen molar-refractivity contribution in [3.05, 3.63) is 72.0 Å². The second-order valence-electron chi connectivity index (χ2n) is 8.24. The molecule has 0 saturated heterocycles. The number of benzene rings is 4. The van der Waals surface area contributed by atoms with Gasteiger partial charge in [-0.05, 0) is 41.9 Å². The van der Waals surface area contributed by atoms with E-state index in [1.807, 2.05) is 0 Å². The SMILES string of the molecule is Nc1nc(Cl)nc(Nc2ccc(N=Nc3cc(S(=O)(=O)O)c4cccc(S(=O)(=O)O)c4c3)c3ccccc23)n1.O=S(=O)=O. The van der Waals surface area contributed by atoms with E-state index in [0.717, 1.165) is 12.1 Å². The molecule has 5 rings (SSSR count). The van der Waals surface area contributed by atoms with Crippen molar-refractivity contribution in [3.63, 3.8) is 0 Å². The Bertz CT molecular complexity index is 2240. The summed E-state index contributed by atoms with van der Waals surface area (Å²) in [6.45, 7) is 0. The highest BCUT2D eigenvalue weighted by Crippen LogP contribution is 2.36. The number of hydrogen-bond donors (Lipinski definition) is 4. The van der Waals surface area contributed by atoms with Gasteiger partial charge in [-0.2, -0.15) is 36.9 Å². The van der Waals surface area contributed by atoms with Crippen LogP contribution < -0.4 is 11.1 Å². The lowest BCUT2D eigenvalue weighted by Crippen LogP contribution is -2.03. The average Bonchev–Trinajstić information content (AvgIpc) is 2.90. The predicted molar refractivity (Wildman–Crippen MR) is 154 cm³/mol. The molecule has 222 valence electrons. The molecule has 1 aromatic heterocycles. The number of fused-ring (bicyclic) bond motifs is 2. The van der Waals surface area contributed by atoms with Crippen LogP contribution in [0.25, 0.3) is 21.5 Å². The van der Waals surface area contributed by atoms with E-state index in [1.54, 1.807) is 36.4 Å². The van der Waals surface area contributed by atoms with E-state index in [2.05, 4.69) is 30.5 Å². The van der Waals surface area contributed by atoms with Gasteiger partial charge in [0, 0.05) is 27.2 Å². The van der Waals surface area contributed by atoms with Gasteiger partial charge in [0.15, 0.2) is 0 Å². The average molecular weight is 666 g/mol. The van der Waals surface area contributed by atoms with Crippen LogP contribution in [0.4, 0.5) is 29.0 Å². The number of nitrogens with two attached hydrogens (primary N) is 1. The van der Waals surface area contributed by atoms with Gasteiger partial charge in [-0.1, -0.05) is 36.4 Å². The second-order valence-corrected chi connectivity index (χ2v) is 11.8. The van der Waals surface area contributed by atoms with E-state index in [1.165, 1.54) is 18.2 Å². The van der Waals surface area contributed by atoms with Crippen molar-refractivity contribution in [1.29, 1.82) is 0 Å².